The van der Waals surface area contributed by atoms with Gasteiger partial charge in [-0.2, -0.15) is 0 Å². The van der Waals surface area contributed by atoms with Crippen LogP contribution in [0.25, 0.3) is 0 Å². The largest absolute Gasteiger partial charge is 0.351 e. The Labute approximate surface area is 103 Å². The number of carbonyl (C=O) groups is 1. The molecule has 0 aliphatic heterocycles. The fourth-order valence-electron chi connectivity index (χ4n) is 1.10. The number of nitrogens with one attached hydrogen (secondary N) is 1. The average Bonchev–Trinajstić information content (AvgIpc) is 2.91. The van der Waals surface area contributed by atoms with Crippen molar-refractivity contribution in [3.05, 3.63) is 19.2 Å². The standard InChI is InChI=1S/C9H9Br2NOS/c10-6-3-7(14-8(6)11)9(13)12-4-5-1-2-5/h3,5H,1-2,4H2,(H,12,13). The predicted molar refractivity (Wildman–Crippen MR) is 64.8 cm³/mol. The second kappa shape index (κ2) is 4.33. The van der Waals surface area contributed by atoms with E-state index in [4.69, 9.17) is 0 Å². The van der Waals surface area contributed by atoms with E-state index < -0.39 is 0 Å². The van der Waals surface area contributed by atoms with E-state index in [0.29, 0.717) is 0 Å². The summed E-state index contributed by atoms with van der Waals surface area (Å²) in [5.41, 5.74) is 0. The molecule has 0 saturated heterocycles. The summed E-state index contributed by atoms with van der Waals surface area (Å²) in [7, 11) is 0. The van der Waals surface area contributed by atoms with Crippen LogP contribution in [0.2, 0.25) is 0 Å². The molecule has 1 aliphatic rings. The molecule has 1 N–H and O–H groups in total. The molecule has 1 saturated carbocycles. The highest BCUT2D eigenvalue weighted by Crippen LogP contribution is 2.32. The Morgan fingerprint density at radius 3 is 2.79 bits per heavy atom. The molecule has 0 bridgehead atoms. The van der Waals surface area contributed by atoms with E-state index in [0.717, 1.165) is 25.6 Å². The van der Waals surface area contributed by atoms with Crippen molar-refractivity contribution in [3.8, 4) is 0 Å². The van der Waals surface area contributed by atoms with Gasteiger partial charge in [0.25, 0.3) is 5.91 Å². The van der Waals surface area contributed by atoms with Crippen LogP contribution in [-0.4, -0.2) is 12.5 Å². The Bertz CT molecular complexity index is 340. The molecule has 2 rings (SSSR count). The molecule has 76 valence electrons. The van der Waals surface area contributed by atoms with Crippen molar-refractivity contribution in [2.45, 2.75) is 12.8 Å². The summed E-state index contributed by atoms with van der Waals surface area (Å²) in [6, 6.07) is 1.84. The molecule has 1 fully saturated rings. The second-order valence-electron chi connectivity index (χ2n) is 3.39. The Balaban J connectivity index is 1.95. The molecule has 1 aliphatic carbocycles. The van der Waals surface area contributed by atoms with Gasteiger partial charge in [-0.3, -0.25) is 4.79 Å². The lowest BCUT2D eigenvalue weighted by atomic mass is 10.4. The third kappa shape index (κ3) is 2.58. The third-order valence-electron chi connectivity index (χ3n) is 2.12. The predicted octanol–water partition coefficient (Wildman–Crippen LogP) is 3.41. The van der Waals surface area contributed by atoms with Crippen molar-refractivity contribution < 1.29 is 4.79 Å². The van der Waals surface area contributed by atoms with Crippen molar-refractivity contribution in [1.82, 2.24) is 5.32 Å². The zero-order valence-corrected chi connectivity index (χ0v) is 11.3. The molecular weight excluding hydrogens is 330 g/mol. The third-order valence-corrected chi connectivity index (χ3v) is 5.37. The van der Waals surface area contributed by atoms with E-state index in [2.05, 4.69) is 37.2 Å². The van der Waals surface area contributed by atoms with Crippen molar-refractivity contribution >= 4 is 49.1 Å². The van der Waals surface area contributed by atoms with Crippen molar-refractivity contribution in [1.29, 1.82) is 0 Å². The van der Waals surface area contributed by atoms with Crippen molar-refractivity contribution in [2.24, 2.45) is 5.92 Å². The summed E-state index contributed by atoms with van der Waals surface area (Å²) >= 11 is 8.18. The molecule has 5 heteroatoms. The average molecular weight is 339 g/mol. The Hall–Kier alpha value is 0.130. The summed E-state index contributed by atoms with van der Waals surface area (Å²) in [4.78, 5) is 12.4. The summed E-state index contributed by atoms with van der Waals surface area (Å²) in [5, 5.41) is 2.93. The minimum absolute atomic E-state index is 0.0355. The molecule has 0 radical (unpaired) electrons. The van der Waals surface area contributed by atoms with Gasteiger partial charge in [-0.15, -0.1) is 11.3 Å². The summed E-state index contributed by atoms with van der Waals surface area (Å²) in [6.45, 7) is 0.825. The molecule has 0 atom stereocenters. The zero-order chi connectivity index (χ0) is 10.1. The highest BCUT2D eigenvalue weighted by Gasteiger charge is 2.22. The van der Waals surface area contributed by atoms with Gasteiger partial charge in [0, 0.05) is 11.0 Å². The van der Waals surface area contributed by atoms with E-state index in [1.807, 2.05) is 6.07 Å². The normalized spacial score (nSPS) is 15.6. The SMILES string of the molecule is O=C(NCC1CC1)c1cc(Br)c(Br)s1. The summed E-state index contributed by atoms with van der Waals surface area (Å²) < 4.78 is 1.91. The van der Waals surface area contributed by atoms with Gasteiger partial charge in [0.15, 0.2) is 0 Å². The first-order chi connectivity index (χ1) is 6.66. The molecule has 0 spiro atoms. The van der Waals surface area contributed by atoms with Gasteiger partial charge in [-0.25, -0.2) is 0 Å². The molecule has 2 nitrogen and oxygen atoms in total. The molecule has 1 aromatic heterocycles. The Morgan fingerprint density at radius 1 is 1.57 bits per heavy atom. The molecule has 1 amide bonds. The first-order valence-electron chi connectivity index (χ1n) is 4.40. The maximum atomic E-state index is 11.6. The smallest absolute Gasteiger partial charge is 0.261 e. The van der Waals surface area contributed by atoms with Gasteiger partial charge in [0.1, 0.15) is 0 Å². The van der Waals surface area contributed by atoms with Crippen LogP contribution in [0.4, 0.5) is 0 Å². The number of thiophene rings is 1. The van der Waals surface area contributed by atoms with Crippen LogP contribution < -0.4 is 5.32 Å². The number of rotatable bonds is 3. The monoisotopic (exact) mass is 337 g/mol. The Morgan fingerprint density at radius 2 is 2.29 bits per heavy atom. The minimum Gasteiger partial charge on any atom is -0.351 e. The lowest BCUT2D eigenvalue weighted by Gasteiger charge is -2.00. The van der Waals surface area contributed by atoms with Crippen molar-refractivity contribution in [3.63, 3.8) is 0 Å². The van der Waals surface area contributed by atoms with Gasteiger partial charge in [0.05, 0.1) is 8.66 Å². The molecule has 14 heavy (non-hydrogen) atoms. The molecule has 1 heterocycles. The van der Waals surface area contributed by atoms with Crippen LogP contribution in [0.5, 0.6) is 0 Å². The Kier molecular flexibility index (Phi) is 3.29. The summed E-state index contributed by atoms with van der Waals surface area (Å²) in [5.74, 6) is 0.763. The molecule has 0 unspecified atom stereocenters. The van der Waals surface area contributed by atoms with Gasteiger partial charge >= 0.3 is 0 Å². The van der Waals surface area contributed by atoms with Gasteiger partial charge < -0.3 is 5.32 Å². The topological polar surface area (TPSA) is 29.1 Å². The van der Waals surface area contributed by atoms with Gasteiger partial charge in [0.2, 0.25) is 0 Å². The fraction of sp³-hybridized carbons (Fsp3) is 0.444. The molecule has 0 aromatic carbocycles. The number of hydrogen-bond acceptors (Lipinski definition) is 2. The lowest BCUT2D eigenvalue weighted by Crippen LogP contribution is -2.24. The molecule has 1 aromatic rings. The molecular formula is C9H9Br2NOS. The van der Waals surface area contributed by atoms with Crippen LogP contribution in [0.3, 0.4) is 0 Å². The van der Waals surface area contributed by atoms with Crippen molar-refractivity contribution in [2.75, 3.05) is 6.54 Å². The zero-order valence-electron chi connectivity index (χ0n) is 7.35. The highest BCUT2D eigenvalue weighted by atomic mass is 79.9. The number of amides is 1. The fourth-order valence-corrected chi connectivity index (χ4v) is 3.06. The van der Waals surface area contributed by atoms with E-state index in [1.54, 1.807) is 0 Å². The quantitative estimate of drug-likeness (QED) is 0.899. The first kappa shape index (κ1) is 10.6. The highest BCUT2D eigenvalue weighted by molar-refractivity contribution is 9.13. The number of halogens is 2. The minimum atomic E-state index is 0.0355. The van der Waals surface area contributed by atoms with E-state index >= 15 is 0 Å². The number of hydrogen-bond donors (Lipinski definition) is 1. The summed E-state index contributed by atoms with van der Waals surface area (Å²) in [6.07, 6.45) is 2.52. The van der Waals surface area contributed by atoms with Crippen LogP contribution in [-0.2, 0) is 0 Å². The maximum absolute atomic E-state index is 11.6. The number of carbonyl (C=O) groups excluding carboxylic acids is 1. The van der Waals surface area contributed by atoms with Crippen LogP contribution in [0.15, 0.2) is 14.3 Å². The van der Waals surface area contributed by atoms with Gasteiger partial charge in [-0.05, 0) is 56.7 Å². The maximum Gasteiger partial charge on any atom is 0.261 e. The van der Waals surface area contributed by atoms with E-state index in [-0.39, 0.29) is 5.91 Å². The first-order valence-corrected chi connectivity index (χ1v) is 6.80. The van der Waals surface area contributed by atoms with Crippen LogP contribution >= 0.6 is 43.2 Å². The second-order valence-corrected chi connectivity index (χ2v) is 6.61. The van der Waals surface area contributed by atoms with Crippen LogP contribution in [0, 0.1) is 5.92 Å². The van der Waals surface area contributed by atoms with Gasteiger partial charge in [-0.1, -0.05) is 0 Å². The van der Waals surface area contributed by atoms with E-state index in [9.17, 15) is 4.79 Å². The van der Waals surface area contributed by atoms with E-state index in [1.165, 1.54) is 24.2 Å². The lowest BCUT2D eigenvalue weighted by molar-refractivity contribution is 0.0956. The van der Waals surface area contributed by atoms with Crippen LogP contribution in [0.1, 0.15) is 22.5 Å².